The van der Waals surface area contributed by atoms with E-state index in [4.69, 9.17) is 0 Å². The highest BCUT2D eigenvalue weighted by Gasteiger charge is 2.50. The van der Waals surface area contributed by atoms with Crippen LogP contribution in [-0.4, -0.2) is 35.1 Å². The zero-order valence-electron chi connectivity index (χ0n) is 11.6. The second kappa shape index (κ2) is 4.32. The van der Waals surface area contributed by atoms with Gasteiger partial charge in [0.1, 0.15) is 0 Å². The molecule has 3 heteroatoms. The van der Waals surface area contributed by atoms with E-state index in [1.807, 2.05) is 12.3 Å². The molecule has 0 spiro atoms. The molecule has 0 aromatic carbocycles. The molecular weight excluding hydrogens is 222 g/mol. The number of pyridine rings is 1. The van der Waals surface area contributed by atoms with Gasteiger partial charge in [0.15, 0.2) is 0 Å². The monoisotopic (exact) mass is 245 g/mol. The molecule has 2 aliphatic rings. The number of hydrogen-bond acceptors (Lipinski definition) is 3. The lowest BCUT2D eigenvalue weighted by molar-refractivity contribution is 0.0950. The number of aromatic nitrogens is 1. The summed E-state index contributed by atoms with van der Waals surface area (Å²) in [7, 11) is 0. The summed E-state index contributed by atoms with van der Waals surface area (Å²) in [4.78, 5) is 7.17. The highest BCUT2D eigenvalue weighted by atomic mass is 15.3. The summed E-state index contributed by atoms with van der Waals surface area (Å²) in [5.41, 5.74) is 1.46. The van der Waals surface area contributed by atoms with E-state index in [1.165, 1.54) is 25.3 Å². The number of hydrogen-bond donors (Lipinski definition) is 1. The van der Waals surface area contributed by atoms with Crippen LogP contribution in [0.5, 0.6) is 0 Å². The van der Waals surface area contributed by atoms with E-state index >= 15 is 0 Å². The molecule has 0 aliphatic carbocycles. The van der Waals surface area contributed by atoms with Gasteiger partial charge in [0, 0.05) is 30.9 Å². The van der Waals surface area contributed by atoms with E-state index in [0.29, 0.717) is 6.04 Å². The van der Waals surface area contributed by atoms with Gasteiger partial charge in [-0.05, 0) is 51.3 Å². The fourth-order valence-electron chi connectivity index (χ4n) is 3.89. The van der Waals surface area contributed by atoms with Crippen molar-refractivity contribution >= 4 is 0 Å². The van der Waals surface area contributed by atoms with Gasteiger partial charge in [-0.3, -0.25) is 9.88 Å². The van der Waals surface area contributed by atoms with Crippen LogP contribution in [0.1, 0.15) is 32.5 Å². The Morgan fingerprint density at radius 2 is 2.22 bits per heavy atom. The lowest BCUT2D eigenvalue weighted by atomic mass is 9.84. The summed E-state index contributed by atoms with van der Waals surface area (Å²) in [5, 5.41) is 3.54. The van der Waals surface area contributed by atoms with Crippen molar-refractivity contribution in [3.8, 4) is 0 Å². The molecule has 0 bridgehead atoms. The highest BCUT2D eigenvalue weighted by Crippen LogP contribution is 2.44. The summed E-state index contributed by atoms with van der Waals surface area (Å²) in [5.74, 6) is 1.59. The minimum Gasteiger partial charge on any atom is -0.316 e. The molecule has 3 atom stereocenters. The summed E-state index contributed by atoms with van der Waals surface area (Å²) in [6, 6.07) is 6.63. The average Bonchev–Trinajstić information content (AvgIpc) is 2.92. The maximum atomic E-state index is 4.53. The Balaban J connectivity index is 1.85. The van der Waals surface area contributed by atoms with Gasteiger partial charge < -0.3 is 5.32 Å². The lowest BCUT2D eigenvalue weighted by Crippen LogP contribution is -2.45. The van der Waals surface area contributed by atoms with Gasteiger partial charge in [-0.25, -0.2) is 0 Å². The average molecular weight is 245 g/mol. The van der Waals surface area contributed by atoms with Crippen LogP contribution < -0.4 is 5.32 Å². The van der Waals surface area contributed by atoms with E-state index in [1.54, 1.807) is 0 Å². The van der Waals surface area contributed by atoms with Crippen LogP contribution in [0, 0.1) is 11.8 Å². The maximum absolute atomic E-state index is 4.53. The Morgan fingerprint density at radius 3 is 2.89 bits per heavy atom. The van der Waals surface area contributed by atoms with Gasteiger partial charge in [0.05, 0.1) is 5.69 Å². The van der Waals surface area contributed by atoms with Crippen LogP contribution in [0.15, 0.2) is 24.4 Å². The molecule has 3 heterocycles. The molecule has 3 unspecified atom stereocenters. The summed E-state index contributed by atoms with van der Waals surface area (Å²) < 4.78 is 0. The summed E-state index contributed by atoms with van der Waals surface area (Å²) in [6.45, 7) is 10.6. The quantitative estimate of drug-likeness (QED) is 0.864. The van der Waals surface area contributed by atoms with Crippen LogP contribution in [0.4, 0.5) is 0 Å². The van der Waals surface area contributed by atoms with Crippen molar-refractivity contribution in [3.63, 3.8) is 0 Å². The molecule has 2 saturated heterocycles. The van der Waals surface area contributed by atoms with Gasteiger partial charge in [-0.15, -0.1) is 0 Å². The van der Waals surface area contributed by atoms with E-state index in [2.05, 4.69) is 48.1 Å². The number of likely N-dealkylation sites (tertiary alicyclic amines) is 1. The van der Waals surface area contributed by atoms with Crippen molar-refractivity contribution in [2.45, 2.75) is 32.4 Å². The molecule has 1 aromatic heterocycles. The van der Waals surface area contributed by atoms with Crippen molar-refractivity contribution < 1.29 is 0 Å². The van der Waals surface area contributed by atoms with Crippen molar-refractivity contribution in [1.29, 1.82) is 0 Å². The van der Waals surface area contributed by atoms with Crippen molar-refractivity contribution in [2.24, 2.45) is 11.8 Å². The van der Waals surface area contributed by atoms with Gasteiger partial charge in [0.2, 0.25) is 0 Å². The molecule has 0 saturated carbocycles. The zero-order valence-corrected chi connectivity index (χ0v) is 11.6. The van der Waals surface area contributed by atoms with Crippen molar-refractivity contribution in [1.82, 2.24) is 15.2 Å². The normalized spacial score (nSPS) is 32.4. The molecule has 3 nitrogen and oxygen atoms in total. The van der Waals surface area contributed by atoms with Crippen LogP contribution in [-0.2, 0) is 0 Å². The number of fused-ring (bicyclic) bond motifs is 1. The first-order chi connectivity index (χ1) is 8.60. The number of nitrogens with zero attached hydrogens (tertiary/aromatic N) is 2. The first-order valence-electron chi connectivity index (χ1n) is 6.99. The summed E-state index contributed by atoms with van der Waals surface area (Å²) >= 11 is 0. The van der Waals surface area contributed by atoms with Crippen LogP contribution in [0.2, 0.25) is 0 Å². The Hall–Kier alpha value is -0.930. The van der Waals surface area contributed by atoms with E-state index < -0.39 is 0 Å². The van der Waals surface area contributed by atoms with Crippen LogP contribution in [0.25, 0.3) is 0 Å². The SMILES string of the molecule is CC(c1ccccn1)N1CC2CNCC2C1(C)C. The van der Waals surface area contributed by atoms with Crippen LogP contribution >= 0.6 is 0 Å². The molecule has 1 aromatic rings. The van der Waals surface area contributed by atoms with E-state index in [0.717, 1.165) is 11.8 Å². The first-order valence-corrected chi connectivity index (χ1v) is 6.99. The molecule has 3 rings (SSSR count). The molecule has 98 valence electrons. The second-order valence-corrected chi connectivity index (χ2v) is 6.26. The first kappa shape index (κ1) is 12.1. The fraction of sp³-hybridized carbons (Fsp3) is 0.667. The number of rotatable bonds is 2. The third-order valence-corrected chi connectivity index (χ3v) is 5.00. The smallest absolute Gasteiger partial charge is 0.0572 e. The Bertz CT molecular complexity index is 415. The predicted octanol–water partition coefficient (Wildman–Crippen LogP) is 2.07. The minimum atomic E-state index is 0.269. The Labute approximate surface area is 110 Å². The fourth-order valence-corrected chi connectivity index (χ4v) is 3.89. The Kier molecular flexibility index (Phi) is 2.91. The molecule has 2 aliphatic heterocycles. The maximum Gasteiger partial charge on any atom is 0.0572 e. The van der Waals surface area contributed by atoms with Crippen molar-refractivity contribution in [2.75, 3.05) is 19.6 Å². The standard InChI is InChI=1S/C15H23N3/c1-11(14-6-4-5-7-17-14)18-10-12-8-16-9-13(12)15(18,2)3/h4-7,11-13,16H,8-10H2,1-3H3. The molecule has 0 amide bonds. The lowest BCUT2D eigenvalue weighted by Gasteiger charge is -2.39. The van der Waals surface area contributed by atoms with Gasteiger partial charge in [-0.2, -0.15) is 0 Å². The second-order valence-electron chi connectivity index (χ2n) is 6.26. The molecule has 2 fully saturated rings. The van der Waals surface area contributed by atoms with Crippen LogP contribution in [0.3, 0.4) is 0 Å². The van der Waals surface area contributed by atoms with E-state index in [9.17, 15) is 0 Å². The topological polar surface area (TPSA) is 28.2 Å². The number of nitrogens with one attached hydrogen (secondary N) is 1. The largest absolute Gasteiger partial charge is 0.316 e. The third-order valence-electron chi connectivity index (χ3n) is 5.00. The zero-order chi connectivity index (χ0) is 12.8. The predicted molar refractivity (Wildman–Crippen MR) is 73.3 cm³/mol. The minimum absolute atomic E-state index is 0.269. The molecular formula is C15H23N3. The molecule has 1 N–H and O–H groups in total. The van der Waals surface area contributed by atoms with Crippen molar-refractivity contribution in [3.05, 3.63) is 30.1 Å². The molecule has 18 heavy (non-hydrogen) atoms. The third kappa shape index (κ3) is 1.77. The van der Waals surface area contributed by atoms with Gasteiger partial charge in [0.25, 0.3) is 0 Å². The van der Waals surface area contributed by atoms with Gasteiger partial charge in [-0.1, -0.05) is 6.07 Å². The van der Waals surface area contributed by atoms with E-state index in [-0.39, 0.29) is 5.54 Å². The highest BCUT2D eigenvalue weighted by molar-refractivity contribution is 5.13. The van der Waals surface area contributed by atoms with Gasteiger partial charge >= 0.3 is 0 Å². The molecule has 0 radical (unpaired) electrons. The summed E-state index contributed by atoms with van der Waals surface area (Å²) in [6.07, 6.45) is 1.90. The Morgan fingerprint density at radius 1 is 1.39 bits per heavy atom.